The monoisotopic (exact) mass is 290 g/mol. The summed E-state index contributed by atoms with van der Waals surface area (Å²) in [6, 6.07) is 4.43. The predicted molar refractivity (Wildman–Crippen MR) is 69.0 cm³/mol. The molecule has 0 N–H and O–H groups in total. The molecule has 0 saturated carbocycles. The SMILES string of the molecule is O=[N+]([O-])c1cccc(Cl)c1N1CCS(=O)(=O)CC1. The Balaban J connectivity index is 2.37. The quantitative estimate of drug-likeness (QED) is 0.609. The maximum Gasteiger partial charge on any atom is 0.294 e. The van der Waals surface area contributed by atoms with Gasteiger partial charge in [-0.3, -0.25) is 10.1 Å². The van der Waals surface area contributed by atoms with Crippen LogP contribution in [0.3, 0.4) is 0 Å². The highest BCUT2D eigenvalue weighted by Gasteiger charge is 2.28. The fraction of sp³-hybridized carbons (Fsp3) is 0.400. The van der Waals surface area contributed by atoms with E-state index in [0.29, 0.717) is 5.69 Å². The van der Waals surface area contributed by atoms with Gasteiger partial charge in [-0.1, -0.05) is 17.7 Å². The highest BCUT2D eigenvalue weighted by Crippen LogP contribution is 2.35. The number of nitro benzene ring substituents is 1. The van der Waals surface area contributed by atoms with Crippen LogP contribution in [-0.2, 0) is 9.84 Å². The van der Waals surface area contributed by atoms with E-state index in [9.17, 15) is 18.5 Å². The minimum Gasteiger partial charge on any atom is -0.363 e. The summed E-state index contributed by atoms with van der Waals surface area (Å²) in [6.07, 6.45) is 0. The van der Waals surface area contributed by atoms with Crippen LogP contribution in [0.5, 0.6) is 0 Å². The molecule has 0 bridgehead atoms. The average molecular weight is 291 g/mol. The van der Waals surface area contributed by atoms with Gasteiger partial charge in [0, 0.05) is 19.2 Å². The van der Waals surface area contributed by atoms with Gasteiger partial charge in [0.2, 0.25) is 0 Å². The highest BCUT2D eigenvalue weighted by molar-refractivity contribution is 7.91. The van der Waals surface area contributed by atoms with E-state index in [1.807, 2.05) is 0 Å². The van der Waals surface area contributed by atoms with E-state index in [1.165, 1.54) is 12.1 Å². The number of para-hydroxylation sites is 1. The second kappa shape index (κ2) is 4.74. The normalized spacial score (nSPS) is 18.6. The van der Waals surface area contributed by atoms with Crippen molar-refractivity contribution in [3.63, 3.8) is 0 Å². The molecule has 0 amide bonds. The molecule has 0 aliphatic carbocycles. The second-order valence-corrected chi connectivity index (χ2v) is 6.71. The summed E-state index contributed by atoms with van der Waals surface area (Å²) >= 11 is 5.98. The molecule has 0 unspecified atom stereocenters. The van der Waals surface area contributed by atoms with Crippen molar-refractivity contribution in [2.75, 3.05) is 29.5 Å². The Labute approximate surface area is 109 Å². The van der Waals surface area contributed by atoms with Crippen LogP contribution < -0.4 is 4.90 Å². The van der Waals surface area contributed by atoms with E-state index >= 15 is 0 Å². The number of hydrogen-bond acceptors (Lipinski definition) is 5. The van der Waals surface area contributed by atoms with Gasteiger partial charge in [0.15, 0.2) is 9.84 Å². The fourth-order valence-electron chi connectivity index (χ4n) is 1.90. The number of nitrogens with zero attached hydrogens (tertiary/aromatic N) is 2. The van der Waals surface area contributed by atoms with Crippen molar-refractivity contribution in [3.05, 3.63) is 33.3 Å². The predicted octanol–water partition coefficient (Wildman–Crippen LogP) is 1.48. The maximum absolute atomic E-state index is 11.3. The minimum atomic E-state index is -3.02. The Morgan fingerprint density at radius 3 is 2.44 bits per heavy atom. The zero-order chi connectivity index (χ0) is 13.3. The summed E-state index contributed by atoms with van der Waals surface area (Å²) in [7, 11) is -3.02. The van der Waals surface area contributed by atoms with Gasteiger partial charge in [-0.2, -0.15) is 0 Å². The van der Waals surface area contributed by atoms with Crippen LogP contribution in [-0.4, -0.2) is 37.9 Å². The molecule has 1 aliphatic rings. The highest BCUT2D eigenvalue weighted by atomic mass is 35.5. The molecular formula is C10H11ClN2O4S. The molecule has 1 aromatic rings. The average Bonchev–Trinajstić information content (AvgIpc) is 2.29. The van der Waals surface area contributed by atoms with Gasteiger partial charge < -0.3 is 4.90 Å². The standard InChI is InChI=1S/C10H11ClN2O4S/c11-8-2-1-3-9(13(14)15)10(8)12-4-6-18(16,17)7-5-12/h1-3H,4-7H2. The van der Waals surface area contributed by atoms with Crippen molar-refractivity contribution in [2.45, 2.75) is 0 Å². The molecule has 0 atom stereocenters. The smallest absolute Gasteiger partial charge is 0.294 e. The summed E-state index contributed by atoms with van der Waals surface area (Å²) < 4.78 is 22.7. The number of anilines is 1. The second-order valence-electron chi connectivity index (χ2n) is 4.00. The summed E-state index contributed by atoms with van der Waals surface area (Å²) in [5.41, 5.74) is 0.209. The van der Waals surface area contributed by atoms with Gasteiger partial charge in [-0.15, -0.1) is 0 Å². The third kappa shape index (κ3) is 2.56. The van der Waals surface area contributed by atoms with Gasteiger partial charge in [0.1, 0.15) is 5.69 Å². The van der Waals surface area contributed by atoms with Gasteiger partial charge in [-0.05, 0) is 6.07 Å². The Kier molecular flexibility index (Phi) is 3.45. The topological polar surface area (TPSA) is 80.5 Å². The lowest BCUT2D eigenvalue weighted by atomic mass is 10.2. The van der Waals surface area contributed by atoms with Crippen molar-refractivity contribution >= 4 is 32.8 Å². The molecule has 1 aromatic carbocycles. The number of halogens is 1. The molecule has 1 fully saturated rings. The third-order valence-corrected chi connectivity index (χ3v) is 4.74. The lowest BCUT2D eigenvalue weighted by Crippen LogP contribution is -2.40. The number of nitro groups is 1. The van der Waals surface area contributed by atoms with Crippen molar-refractivity contribution in [2.24, 2.45) is 0 Å². The molecule has 2 rings (SSSR count). The van der Waals surface area contributed by atoms with Gasteiger partial charge in [-0.25, -0.2) is 8.42 Å². The van der Waals surface area contributed by atoms with Crippen LogP contribution in [0.25, 0.3) is 0 Å². The Bertz CT molecular complexity index is 574. The molecular weight excluding hydrogens is 280 g/mol. The van der Waals surface area contributed by atoms with Gasteiger partial charge in [0.25, 0.3) is 5.69 Å². The molecule has 1 saturated heterocycles. The van der Waals surface area contributed by atoms with E-state index in [4.69, 9.17) is 11.6 Å². The van der Waals surface area contributed by atoms with E-state index < -0.39 is 14.8 Å². The number of hydrogen-bond donors (Lipinski definition) is 0. The van der Waals surface area contributed by atoms with Crippen LogP contribution in [0.4, 0.5) is 11.4 Å². The van der Waals surface area contributed by atoms with Crippen LogP contribution in [0.1, 0.15) is 0 Å². The van der Waals surface area contributed by atoms with E-state index in [2.05, 4.69) is 0 Å². The summed E-state index contributed by atoms with van der Waals surface area (Å²) in [4.78, 5) is 12.1. The minimum absolute atomic E-state index is 0.00459. The van der Waals surface area contributed by atoms with Crippen LogP contribution in [0.15, 0.2) is 18.2 Å². The van der Waals surface area contributed by atoms with E-state index in [1.54, 1.807) is 11.0 Å². The van der Waals surface area contributed by atoms with E-state index in [-0.39, 0.29) is 35.3 Å². The Morgan fingerprint density at radius 1 is 1.28 bits per heavy atom. The first-order valence-corrected chi connectivity index (χ1v) is 7.49. The summed E-state index contributed by atoms with van der Waals surface area (Å²) in [5.74, 6) is -0.00917. The first-order chi connectivity index (χ1) is 8.41. The number of sulfone groups is 1. The molecule has 1 heterocycles. The fourth-order valence-corrected chi connectivity index (χ4v) is 3.39. The van der Waals surface area contributed by atoms with Crippen LogP contribution in [0.2, 0.25) is 5.02 Å². The first-order valence-electron chi connectivity index (χ1n) is 5.29. The first kappa shape index (κ1) is 13.1. The maximum atomic E-state index is 11.3. The molecule has 1 aliphatic heterocycles. The zero-order valence-corrected chi connectivity index (χ0v) is 10.9. The van der Waals surface area contributed by atoms with E-state index in [0.717, 1.165) is 0 Å². The molecule has 98 valence electrons. The van der Waals surface area contributed by atoms with Crippen LogP contribution >= 0.6 is 11.6 Å². The van der Waals surface area contributed by atoms with Gasteiger partial charge in [0.05, 0.1) is 21.5 Å². The van der Waals surface area contributed by atoms with Crippen molar-refractivity contribution in [1.29, 1.82) is 0 Å². The molecule has 0 radical (unpaired) electrons. The lowest BCUT2D eigenvalue weighted by molar-refractivity contribution is -0.384. The summed E-state index contributed by atoms with van der Waals surface area (Å²) in [5, 5.41) is 11.2. The number of benzene rings is 1. The van der Waals surface area contributed by atoms with Crippen molar-refractivity contribution in [3.8, 4) is 0 Å². The third-order valence-electron chi connectivity index (χ3n) is 2.82. The van der Waals surface area contributed by atoms with Gasteiger partial charge >= 0.3 is 0 Å². The molecule has 6 nitrogen and oxygen atoms in total. The lowest BCUT2D eigenvalue weighted by Gasteiger charge is -2.28. The Hall–Kier alpha value is -1.34. The molecule has 0 spiro atoms. The zero-order valence-electron chi connectivity index (χ0n) is 9.37. The molecule has 8 heteroatoms. The van der Waals surface area contributed by atoms with Crippen molar-refractivity contribution < 1.29 is 13.3 Å². The number of rotatable bonds is 2. The summed E-state index contributed by atoms with van der Waals surface area (Å²) in [6.45, 7) is 0.458. The molecule has 0 aromatic heterocycles. The van der Waals surface area contributed by atoms with Crippen LogP contribution in [0, 0.1) is 10.1 Å². The largest absolute Gasteiger partial charge is 0.363 e. The van der Waals surface area contributed by atoms with Crippen molar-refractivity contribution in [1.82, 2.24) is 0 Å². The Morgan fingerprint density at radius 2 is 1.89 bits per heavy atom. The molecule has 18 heavy (non-hydrogen) atoms.